The van der Waals surface area contributed by atoms with E-state index in [1.165, 1.54) is 6.92 Å². The molecule has 0 heterocycles. The van der Waals surface area contributed by atoms with Gasteiger partial charge in [-0.05, 0) is 20.3 Å². The topological polar surface area (TPSA) is 55.8 Å². The van der Waals surface area contributed by atoms with E-state index in [4.69, 9.17) is 14.6 Å². The van der Waals surface area contributed by atoms with E-state index in [0.717, 1.165) is 0 Å². The van der Waals surface area contributed by atoms with Gasteiger partial charge >= 0.3 is 5.97 Å². The average molecular weight is 176 g/mol. The molecule has 0 aliphatic heterocycles. The Morgan fingerprint density at radius 2 is 2.08 bits per heavy atom. The van der Waals surface area contributed by atoms with Gasteiger partial charge in [-0.25, -0.2) is 4.79 Å². The van der Waals surface area contributed by atoms with Crippen molar-refractivity contribution in [3.05, 3.63) is 0 Å². The molecule has 0 bridgehead atoms. The maximum Gasteiger partial charge on any atom is 0.332 e. The normalized spacial score (nSPS) is 15.6. The molecule has 2 atom stereocenters. The third-order valence-electron chi connectivity index (χ3n) is 1.39. The van der Waals surface area contributed by atoms with E-state index >= 15 is 0 Å². The lowest BCUT2D eigenvalue weighted by Gasteiger charge is -2.18. The van der Waals surface area contributed by atoms with Gasteiger partial charge in [-0.1, -0.05) is 6.92 Å². The van der Waals surface area contributed by atoms with Crippen molar-refractivity contribution in [2.24, 2.45) is 0 Å². The van der Waals surface area contributed by atoms with Crippen LogP contribution in [0.25, 0.3) is 0 Å². The van der Waals surface area contributed by atoms with Crippen molar-refractivity contribution in [3.8, 4) is 0 Å². The van der Waals surface area contributed by atoms with Crippen molar-refractivity contribution in [3.63, 3.8) is 0 Å². The summed E-state index contributed by atoms with van der Waals surface area (Å²) in [5.74, 6) is -0.965. The molecule has 4 nitrogen and oxygen atoms in total. The average Bonchev–Trinajstić information content (AvgIpc) is 2.03. The van der Waals surface area contributed by atoms with Gasteiger partial charge < -0.3 is 14.6 Å². The first-order valence-electron chi connectivity index (χ1n) is 4.11. The number of rotatable bonds is 6. The molecule has 0 saturated carbocycles. The molecule has 0 aromatic heterocycles. The van der Waals surface area contributed by atoms with Crippen molar-refractivity contribution in [1.82, 2.24) is 0 Å². The van der Waals surface area contributed by atoms with Crippen LogP contribution in [0.5, 0.6) is 0 Å². The largest absolute Gasteiger partial charge is 0.479 e. The lowest BCUT2D eigenvalue weighted by molar-refractivity contribution is -0.185. The van der Waals surface area contributed by atoms with Crippen LogP contribution < -0.4 is 0 Å². The number of hydrogen-bond acceptors (Lipinski definition) is 3. The Balaban J connectivity index is 3.76. The smallest absolute Gasteiger partial charge is 0.332 e. The molecule has 0 amide bonds. The number of carboxylic acid groups (broad SMARTS) is 1. The van der Waals surface area contributed by atoms with Crippen LogP contribution in [0.1, 0.15) is 27.2 Å². The number of ether oxygens (including phenoxy) is 2. The molecule has 0 aromatic rings. The SMILES string of the molecule is CCOC(CC)OC(C)C(=O)O. The number of hydrogen-bond donors (Lipinski definition) is 1. The summed E-state index contributed by atoms with van der Waals surface area (Å²) < 4.78 is 10.2. The Bertz CT molecular complexity index is 135. The van der Waals surface area contributed by atoms with Crippen LogP contribution in [0.2, 0.25) is 0 Å². The summed E-state index contributed by atoms with van der Waals surface area (Å²) in [6, 6.07) is 0. The maximum absolute atomic E-state index is 10.4. The first-order valence-corrected chi connectivity index (χ1v) is 4.11. The fourth-order valence-corrected chi connectivity index (χ4v) is 0.725. The van der Waals surface area contributed by atoms with Gasteiger partial charge in [-0.3, -0.25) is 0 Å². The Hall–Kier alpha value is -0.610. The monoisotopic (exact) mass is 176 g/mol. The first kappa shape index (κ1) is 11.4. The summed E-state index contributed by atoms with van der Waals surface area (Å²) in [4.78, 5) is 10.4. The third kappa shape index (κ3) is 4.31. The third-order valence-corrected chi connectivity index (χ3v) is 1.39. The maximum atomic E-state index is 10.4. The van der Waals surface area contributed by atoms with Gasteiger partial charge in [-0.2, -0.15) is 0 Å². The highest BCUT2D eigenvalue weighted by Gasteiger charge is 2.16. The number of carbonyl (C=O) groups is 1. The summed E-state index contributed by atoms with van der Waals surface area (Å²) in [6.45, 7) is 5.75. The lowest BCUT2D eigenvalue weighted by atomic mass is 10.4. The molecule has 4 heteroatoms. The highest BCUT2D eigenvalue weighted by Crippen LogP contribution is 2.04. The van der Waals surface area contributed by atoms with E-state index in [9.17, 15) is 4.79 Å². The van der Waals surface area contributed by atoms with Crippen molar-refractivity contribution >= 4 is 5.97 Å². The molecule has 0 radical (unpaired) electrons. The van der Waals surface area contributed by atoms with Gasteiger partial charge in [0, 0.05) is 6.61 Å². The molecule has 0 fully saturated rings. The molecule has 12 heavy (non-hydrogen) atoms. The van der Waals surface area contributed by atoms with Crippen LogP contribution >= 0.6 is 0 Å². The zero-order valence-corrected chi connectivity index (χ0v) is 7.74. The Labute approximate surface area is 72.5 Å². The molecular weight excluding hydrogens is 160 g/mol. The summed E-state index contributed by atoms with van der Waals surface area (Å²) >= 11 is 0. The van der Waals surface area contributed by atoms with Crippen LogP contribution in [0.15, 0.2) is 0 Å². The summed E-state index contributed by atoms with van der Waals surface area (Å²) in [5, 5.41) is 8.51. The Kier molecular flexibility index (Phi) is 5.66. The van der Waals surface area contributed by atoms with E-state index < -0.39 is 18.4 Å². The molecule has 0 rings (SSSR count). The van der Waals surface area contributed by atoms with Crippen LogP contribution in [0.3, 0.4) is 0 Å². The Morgan fingerprint density at radius 1 is 1.50 bits per heavy atom. The number of carboxylic acids is 1. The molecule has 1 N–H and O–H groups in total. The summed E-state index contributed by atoms with van der Waals surface area (Å²) in [6.07, 6.45) is -0.548. The molecule has 0 saturated heterocycles. The first-order chi connectivity index (χ1) is 5.61. The quantitative estimate of drug-likeness (QED) is 0.619. The van der Waals surface area contributed by atoms with E-state index in [2.05, 4.69) is 0 Å². The van der Waals surface area contributed by atoms with Crippen molar-refractivity contribution in [2.45, 2.75) is 39.6 Å². The summed E-state index contributed by atoms with van der Waals surface area (Å²) in [5.41, 5.74) is 0. The van der Waals surface area contributed by atoms with E-state index in [1.54, 1.807) is 0 Å². The van der Waals surface area contributed by atoms with Gasteiger partial charge in [0.2, 0.25) is 0 Å². The minimum absolute atomic E-state index is 0.402. The molecule has 0 aliphatic rings. The second-order valence-corrected chi connectivity index (χ2v) is 2.41. The standard InChI is InChI=1S/C8H16O4/c1-4-7(11-5-2)12-6(3)8(9)10/h6-7H,4-5H2,1-3H3,(H,9,10). The Morgan fingerprint density at radius 3 is 2.42 bits per heavy atom. The van der Waals surface area contributed by atoms with Gasteiger partial charge in [0.1, 0.15) is 0 Å². The fourth-order valence-electron chi connectivity index (χ4n) is 0.725. The van der Waals surface area contributed by atoms with Gasteiger partial charge in [0.25, 0.3) is 0 Å². The molecule has 0 aromatic carbocycles. The van der Waals surface area contributed by atoms with Crippen LogP contribution in [-0.2, 0) is 14.3 Å². The van der Waals surface area contributed by atoms with Crippen molar-refractivity contribution in [2.75, 3.05) is 6.61 Å². The van der Waals surface area contributed by atoms with E-state index in [1.807, 2.05) is 13.8 Å². The molecular formula is C8H16O4. The van der Waals surface area contributed by atoms with Crippen molar-refractivity contribution in [1.29, 1.82) is 0 Å². The minimum Gasteiger partial charge on any atom is -0.479 e. The van der Waals surface area contributed by atoms with Gasteiger partial charge in [0.05, 0.1) is 0 Å². The van der Waals surface area contributed by atoms with Crippen LogP contribution in [0, 0.1) is 0 Å². The van der Waals surface area contributed by atoms with Crippen LogP contribution in [0.4, 0.5) is 0 Å². The summed E-state index contributed by atoms with van der Waals surface area (Å²) in [7, 11) is 0. The molecule has 0 spiro atoms. The highest BCUT2D eigenvalue weighted by atomic mass is 16.7. The second-order valence-electron chi connectivity index (χ2n) is 2.41. The fraction of sp³-hybridized carbons (Fsp3) is 0.875. The number of aliphatic carboxylic acids is 1. The minimum atomic E-state index is -0.965. The zero-order chi connectivity index (χ0) is 9.56. The highest BCUT2D eigenvalue weighted by molar-refractivity contribution is 5.71. The zero-order valence-electron chi connectivity index (χ0n) is 7.74. The predicted octanol–water partition coefficient (Wildman–Crippen LogP) is 1.25. The predicted molar refractivity (Wildman–Crippen MR) is 43.9 cm³/mol. The lowest BCUT2D eigenvalue weighted by Crippen LogP contribution is -2.28. The van der Waals surface area contributed by atoms with Crippen molar-refractivity contribution < 1.29 is 19.4 Å². The molecule has 0 aliphatic carbocycles. The van der Waals surface area contributed by atoms with E-state index in [0.29, 0.717) is 13.0 Å². The molecule has 2 unspecified atom stereocenters. The van der Waals surface area contributed by atoms with Crippen LogP contribution in [-0.4, -0.2) is 30.1 Å². The second kappa shape index (κ2) is 5.97. The van der Waals surface area contributed by atoms with Gasteiger partial charge in [-0.15, -0.1) is 0 Å². The molecule has 72 valence electrons. The van der Waals surface area contributed by atoms with E-state index in [-0.39, 0.29) is 0 Å². The van der Waals surface area contributed by atoms with Gasteiger partial charge in [0.15, 0.2) is 12.4 Å².